The predicted molar refractivity (Wildman–Crippen MR) is 44.0 cm³/mol. The van der Waals surface area contributed by atoms with Crippen molar-refractivity contribution in [2.75, 3.05) is 13.2 Å². The van der Waals surface area contributed by atoms with E-state index in [0.717, 1.165) is 31.6 Å². The topological polar surface area (TPSA) is 50.7 Å². The van der Waals surface area contributed by atoms with Gasteiger partial charge in [-0.2, -0.15) is 0 Å². The van der Waals surface area contributed by atoms with Crippen LogP contribution in [0, 0.1) is 0 Å². The third-order valence-electron chi connectivity index (χ3n) is 2.15. The lowest BCUT2D eigenvalue weighted by Gasteiger charge is -2.08. The number of ether oxygens (including phenoxy) is 1. The molecular formula is C8H12N2O2. The molecule has 4 nitrogen and oxygen atoms in total. The molecule has 0 aromatic rings. The van der Waals surface area contributed by atoms with E-state index >= 15 is 0 Å². The fourth-order valence-corrected chi connectivity index (χ4v) is 1.49. The monoisotopic (exact) mass is 168 g/mol. The van der Waals surface area contributed by atoms with Crippen LogP contribution in [0.2, 0.25) is 0 Å². The quantitative estimate of drug-likeness (QED) is 0.564. The van der Waals surface area contributed by atoms with Crippen molar-refractivity contribution in [3.8, 4) is 0 Å². The summed E-state index contributed by atoms with van der Waals surface area (Å²) in [5.41, 5.74) is 0. The Labute approximate surface area is 71.0 Å². The summed E-state index contributed by atoms with van der Waals surface area (Å²) in [4.78, 5) is 15.3. The Bertz CT molecular complexity index is 225. The van der Waals surface area contributed by atoms with Crippen LogP contribution in [0.4, 0.5) is 0 Å². The van der Waals surface area contributed by atoms with E-state index in [1.165, 1.54) is 0 Å². The minimum atomic E-state index is -0.137. The number of amidine groups is 1. The lowest BCUT2D eigenvalue weighted by molar-refractivity contribution is -0.139. The van der Waals surface area contributed by atoms with Gasteiger partial charge in [0.1, 0.15) is 6.04 Å². The van der Waals surface area contributed by atoms with Gasteiger partial charge < -0.3 is 10.1 Å². The third-order valence-corrected chi connectivity index (χ3v) is 2.15. The summed E-state index contributed by atoms with van der Waals surface area (Å²) in [6.45, 7) is 1.44. The highest BCUT2D eigenvalue weighted by Crippen LogP contribution is 2.08. The second-order valence-electron chi connectivity index (χ2n) is 3.09. The number of nitrogens with one attached hydrogen (secondary N) is 1. The van der Waals surface area contributed by atoms with Crippen LogP contribution in [-0.2, 0) is 9.53 Å². The summed E-state index contributed by atoms with van der Waals surface area (Å²) < 4.78 is 4.82. The summed E-state index contributed by atoms with van der Waals surface area (Å²) in [7, 11) is 0. The van der Waals surface area contributed by atoms with E-state index in [1.54, 1.807) is 0 Å². The molecule has 1 N–H and O–H groups in total. The molecule has 0 aliphatic carbocycles. The lowest BCUT2D eigenvalue weighted by atomic mass is 10.2. The molecule has 2 rings (SSSR count). The number of hydrogen-bond acceptors (Lipinski definition) is 4. The summed E-state index contributed by atoms with van der Waals surface area (Å²) in [6, 6.07) is -0.137. The van der Waals surface area contributed by atoms with Crippen molar-refractivity contribution in [2.24, 2.45) is 4.99 Å². The Morgan fingerprint density at radius 1 is 1.58 bits per heavy atom. The standard InChI is InChI=1S/C8H12N2O2/c11-8-6(3-5-12-8)10-7-2-1-4-9-7/h6H,1-5H2,(H,9,10)/t6-/m0/s1. The van der Waals surface area contributed by atoms with E-state index in [2.05, 4.69) is 10.3 Å². The first-order valence-corrected chi connectivity index (χ1v) is 4.33. The second-order valence-corrected chi connectivity index (χ2v) is 3.09. The molecule has 0 saturated carbocycles. The molecule has 12 heavy (non-hydrogen) atoms. The van der Waals surface area contributed by atoms with Crippen molar-refractivity contribution in [3.05, 3.63) is 0 Å². The van der Waals surface area contributed by atoms with Gasteiger partial charge in [-0.1, -0.05) is 0 Å². The third kappa shape index (κ3) is 1.42. The van der Waals surface area contributed by atoms with E-state index < -0.39 is 0 Å². The molecule has 0 radical (unpaired) electrons. The molecule has 66 valence electrons. The van der Waals surface area contributed by atoms with Gasteiger partial charge in [0, 0.05) is 19.4 Å². The van der Waals surface area contributed by atoms with E-state index in [4.69, 9.17) is 4.74 Å². The molecule has 0 spiro atoms. The van der Waals surface area contributed by atoms with Gasteiger partial charge in [0.15, 0.2) is 0 Å². The summed E-state index contributed by atoms with van der Waals surface area (Å²) in [5.74, 6) is 0.837. The normalized spacial score (nSPS) is 28.5. The zero-order chi connectivity index (χ0) is 8.39. The smallest absolute Gasteiger partial charge is 0.328 e. The molecule has 0 amide bonds. The second kappa shape index (κ2) is 3.13. The molecule has 1 fully saturated rings. The van der Waals surface area contributed by atoms with Crippen LogP contribution in [0.3, 0.4) is 0 Å². The number of nitrogens with zero attached hydrogens (tertiary/aromatic N) is 1. The van der Waals surface area contributed by atoms with Gasteiger partial charge in [0.2, 0.25) is 0 Å². The van der Waals surface area contributed by atoms with Gasteiger partial charge in [0.05, 0.1) is 12.4 Å². The first kappa shape index (κ1) is 7.58. The lowest BCUT2D eigenvalue weighted by Crippen LogP contribution is -2.37. The molecule has 1 saturated heterocycles. The van der Waals surface area contributed by atoms with Crippen LogP contribution in [0.25, 0.3) is 0 Å². The molecule has 2 aliphatic rings. The Morgan fingerprint density at radius 2 is 2.50 bits per heavy atom. The number of carbonyl (C=O) groups is 1. The van der Waals surface area contributed by atoms with Gasteiger partial charge in [0.25, 0.3) is 0 Å². The van der Waals surface area contributed by atoms with E-state index in [-0.39, 0.29) is 12.0 Å². The molecule has 1 atom stereocenters. The SMILES string of the molecule is O=C1OCC[C@@H]1NC1=NCCC1. The fraction of sp³-hybridized carbons (Fsp3) is 0.750. The van der Waals surface area contributed by atoms with Crippen molar-refractivity contribution >= 4 is 11.8 Å². The first-order chi connectivity index (χ1) is 5.86. The minimum Gasteiger partial charge on any atom is -0.464 e. The van der Waals surface area contributed by atoms with Gasteiger partial charge in [-0.3, -0.25) is 4.99 Å². The average molecular weight is 168 g/mol. The van der Waals surface area contributed by atoms with E-state index in [0.29, 0.717) is 6.61 Å². The highest BCUT2D eigenvalue weighted by Gasteiger charge is 2.27. The number of esters is 1. The van der Waals surface area contributed by atoms with E-state index in [1.807, 2.05) is 0 Å². The Hall–Kier alpha value is -1.06. The maximum Gasteiger partial charge on any atom is 0.328 e. The largest absolute Gasteiger partial charge is 0.464 e. The fourth-order valence-electron chi connectivity index (χ4n) is 1.49. The van der Waals surface area contributed by atoms with Gasteiger partial charge in [-0.25, -0.2) is 4.79 Å². The van der Waals surface area contributed by atoms with Gasteiger partial charge in [-0.05, 0) is 6.42 Å². The molecule has 0 aromatic heterocycles. The van der Waals surface area contributed by atoms with Gasteiger partial charge >= 0.3 is 5.97 Å². The number of aliphatic imine (C=N–C) groups is 1. The van der Waals surface area contributed by atoms with Crippen LogP contribution >= 0.6 is 0 Å². The Balaban J connectivity index is 1.89. The summed E-state index contributed by atoms with van der Waals surface area (Å²) >= 11 is 0. The van der Waals surface area contributed by atoms with Crippen LogP contribution in [-0.4, -0.2) is 31.0 Å². The highest BCUT2D eigenvalue weighted by atomic mass is 16.5. The average Bonchev–Trinajstić information content (AvgIpc) is 2.65. The molecule has 0 bridgehead atoms. The zero-order valence-corrected chi connectivity index (χ0v) is 6.88. The molecule has 2 heterocycles. The maximum absolute atomic E-state index is 11.0. The summed E-state index contributed by atoms with van der Waals surface area (Å²) in [6.07, 6.45) is 2.85. The van der Waals surface area contributed by atoms with Crippen molar-refractivity contribution in [2.45, 2.75) is 25.3 Å². The zero-order valence-electron chi connectivity index (χ0n) is 6.88. The minimum absolute atomic E-state index is 0.135. The molecule has 0 aromatic carbocycles. The predicted octanol–water partition coefficient (Wildman–Crippen LogP) is 0.0838. The van der Waals surface area contributed by atoms with Crippen molar-refractivity contribution in [1.29, 1.82) is 0 Å². The Kier molecular flexibility index (Phi) is 1.98. The van der Waals surface area contributed by atoms with Gasteiger partial charge in [-0.15, -0.1) is 0 Å². The molecular weight excluding hydrogens is 156 g/mol. The van der Waals surface area contributed by atoms with Crippen LogP contribution in [0.1, 0.15) is 19.3 Å². The number of rotatable bonds is 1. The van der Waals surface area contributed by atoms with Crippen LogP contribution in [0.5, 0.6) is 0 Å². The van der Waals surface area contributed by atoms with E-state index in [9.17, 15) is 4.79 Å². The van der Waals surface area contributed by atoms with Crippen molar-refractivity contribution < 1.29 is 9.53 Å². The number of carbonyl (C=O) groups excluding carboxylic acids is 1. The molecule has 2 aliphatic heterocycles. The number of cyclic esters (lactones) is 1. The van der Waals surface area contributed by atoms with Crippen molar-refractivity contribution in [1.82, 2.24) is 5.32 Å². The Morgan fingerprint density at radius 3 is 3.08 bits per heavy atom. The van der Waals surface area contributed by atoms with Crippen LogP contribution < -0.4 is 5.32 Å². The summed E-state index contributed by atoms with van der Waals surface area (Å²) in [5, 5.41) is 3.10. The first-order valence-electron chi connectivity index (χ1n) is 4.33. The van der Waals surface area contributed by atoms with Crippen LogP contribution in [0.15, 0.2) is 4.99 Å². The van der Waals surface area contributed by atoms with Crippen molar-refractivity contribution in [3.63, 3.8) is 0 Å². The highest BCUT2D eigenvalue weighted by molar-refractivity contribution is 5.89. The number of hydrogen-bond donors (Lipinski definition) is 1. The maximum atomic E-state index is 11.0. The molecule has 4 heteroatoms. The molecule has 0 unspecified atom stereocenters.